The van der Waals surface area contributed by atoms with Gasteiger partial charge in [-0.1, -0.05) is 5.16 Å². The predicted molar refractivity (Wildman–Crippen MR) is 90.2 cm³/mol. The molecule has 1 aliphatic heterocycles. The number of piperidine rings is 1. The number of rotatable bonds is 4. The molecule has 9 nitrogen and oxygen atoms in total. The lowest BCUT2D eigenvalue weighted by atomic mass is 10.0. The second-order valence-electron chi connectivity index (χ2n) is 6.35. The molecule has 3 rings (SSSR count). The van der Waals surface area contributed by atoms with Crippen molar-refractivity contribution in [2.24, 2.45) is 0 Å². The molecule has 0 radical (unpaired) electrons. The number of amides is 2. The van der Waals surface area contributed by atoms with Crippen LogP contribution in [0.2, 0.25) is 0 Å². The Balaban J connectivity index is 1.56. The van der Waals surface area contributed by atoms with Gasteiger partial charge in [-0.25, -0.2) is 4.98 Å². The summed E-state index contributed by atoms with van der Waals surface area (Å²) in [4.78, 5) is 34.0. The average molecular weight is 359 g/mol. The Morgan fingerprint density at radius 3 is 2.81 bits per heavy atom. The first-order valence-corrected chi connectivity index (χ1v) is 8.40. The third-order valence-corrected chi connectivity index (χ3v) is 4.56. The van der Waals surface area contributed by atoms with Crippen molar-refractivity contribution in [3.8, 4) is 0 Å². The van der Waals surface area contributed by atoms with Crippen LogP contribution in [0, 0.1) is 13.8 Å². The van der Waals surface area contributed by atoms with E-state index in [2.05, 4.69) is 20.4 Å². The van der Waals surface area contributed by atoms with Crippen LogP contribution < -0.4 is 5.32 Å². The van der Waals surface area contributed by atoms with Gasteiger partial charge in [-0.15, -0.1) is 0 Å². The topological polar surface area (TPSA) is 121 Å². The number of hydrogen-bond acceptors (Lipinski definition) is 7. The van der Waals surface area contributed by atoms with E-state index in [0.29, 0.717) is 24.4 Å². The molecule has 0 aliphatic carbocycles. The third-order valence-electron chi connectivity index (χ3n) is 4.56. The number of carbonyl (C=O) groups excluding carboxylic acids is 2. The first-order valence-electron chi connectivity index (χ1n) is 8.40. The summed E-state index contributed by atoms with van der Waals surface area (Å²) in [6.45, 7) is 4.17. The maximum atomic E-state index is 12.5. The molecule has 1 saturated heterocycles. The SMILES string of the molecule is Cc1noc(C)c1CC(=O)N1CC[C@@H](NC(=O)c2cnccn2)[C@H](O)C1. The maximum absolute atomic E-state index is 12.5. The summed E-state index contributed by atoms with van der Waals surface area (Å²) < 4.78 is 5.08. The second kappa shape index (κ2) is 7.61. The van der Waals surface area contributed by atoms with E-state index in [9.17, 15) is 14.7 Å². The highest BCUT2D eigenvalue weighted by molar-refractivity contribution is 5.92. The first kappa shape index (κ1) is 18.0. The molecule has 0 unspecified atom stereocenters. The lowest BCUT2D eigenvalue weighted by molar-refractivity contribution is -0.134. The monoisotopic (exact) mass is 359 g/mol. The number of nitrogens with one attached hydrogen (secondary N) is 1. The second-order valence-corrected chi connectivity index (χ2v) is 6.35. The molecule has 3 heterocycles. The smallest absolute Gasteiger partial charge is 0.271 e. The van der Waals surface area contributed by atoms with Crippen LogP contribution in [0.4, 0.5) is 0 Å². The molecular weight excluding hydrogens is 338 g/mol. The zero-order chi connectivity index (χ0) is 18.7. The molecule has 138 valence electrons. The van der Waals surface area contributed by atoms with Gasteiger partial charge < -0.3 is 19.8 Å². The Hall–Kier alpha value is -2.81. The minimum Gasteiger partial charge on any atom is -0.389 e. The van der Waals surface area contributed by atoms with Gasteiger partial charge in [-0.3, -0.25) is 14.6 Å². The summed E-state index contributed by atoms with van der Waals surface area (Å²) >= 11 is 0. The predicted octanol–water partition coefficient (Wildman–Crippen LogP) is 0.0157. The Morgan fingerprint density at radius 2 is 2.19 bits per heavy atom. The van der Waals surface area contributed by atoms with Crippen LogP contribution in [0.15, 0.2) is 23.1 Å². The van der Waals surface area contributed by atoms with Crippen molar-refractivity contribution in [2.45, 2.75) is 38.8 Å². The van der Waals surface area contributed by atoms with Gasteiger partial charge in [-0.2, -0.15) is 0 Å². The number of aryl methyl sites for hydroxylation is 2. The van der Waals surface area contributed by atoms with Crippen molar-refractivity contribution >= 4 is 11.8 Å². The quantitative estimate of drug-likeness (QED) is 0.789. The van der Waals surface area contributed by atoms with E-state index in [1.807, 2.05) is 0 Å². The lowest BCUT2D eigenvalue weighted by Gasteiger charge is -2.36. The van der Waals surface area contributed by atoms with E-state index < -0.39 is 18.1 Å². The average Bonchev–Trinajstić information content (AvgIpc) is 2.96. The summed E-state index contributed by atoms with van der Waals surface area (Å²) in [6, 6.07) is -0.437. The highest BCUT2D eigenvalue weighted by Crippen LogP contribution is 2.17. The minimum atomic E-state index is -0.849. The number of nitrogens with zero attached hydrogens (tertiary/aromatic N) is 4. The standard InChI is InChI=1S/C17H21N5O4/c1-10-12(11(2)26-21-10)7-16(24)22-6-3-13(15(23)9-22)20-17(25)14-8-18-4-5-19-14/h4-5,8,13,15,23H,3,6-7,9H2,1-2H3,(H,20,25)/t13-,15-/m1/s1. The van der Waals surface area contributed by atoms with Gasteiger partial charge in [0.05, 0.1) is 30.5 Å². The Labute approximate surface area is 150 Å². The molecular formula is C17H21N5O4. The minimum absolute atomic E-state index is 0.0999. The Kier molecular flexibility index (Phi) is 5.27. The van der Waals surface area contributed by atoms with E-state index in [4.69, 9.17) is 4.52 Å². The summed E-state index contributed by atoms with van der Waals surface area (Å²) in [5, 5.41) is 16.9. The van der Waals surface area contributed by atoms with E-state index in [0.717, 1.165) is 5.56 Å². The Bertz CT molecular complexity index is 772. The van der Waals surface area contributed by atoms with Gasteiger partial charge in [0.25, 0.3) is 5.91 Å². The summed E-state index contributed by atoms with van der Waals surface area (Å²) in [5.74, 6) is 0.136. The van der Waals surface area contributed by atoms with Crippen molar-refractivity contribution in [3.63, 3.8) is 0 Å². The van der Waals surface area contributed by atoms with Crippen molar-refractivity contribution in [3.05, 3.63) is 41.3 Å². The fourth-order valence-corrected chi connectivity index (χ4v) is 3.00. The van der Waals surface area contributed by atoms with Crippen LogP contribution in [0.5, 0.6) is 0 Å². The van der Waals surface area contributed by atoms with E-state index in [-0.39, 0.29) is 24.6 Å². The number of aliphatic hydroxyl groups is 1. The highest BCUT2D eigenvalue weighted by Gasteiger charge is 2.32. The number of aromatic nitrogens is 3. The number of aliphatic hydroxyl groups excluding tert-OH is 1. The molecule has 2 amide bonds. The maximum Gasteiger partial charge on any atom is 0.271 e. The van der Waals surface area contributed by atoms with Crippen LogP contribution in [0.1, 0.15) is 33.9 Å². The van der Waals surface area contributed by atoms with Crippen LogP contribution in [0.3, 0.4) is 0 Å². The molecule has 1 fully saturated rings. The number of likely N-dealkylation sites (tertiary alicyclic amines) is 1. The molecule has 0 saturated carbocycles. The fourth-order valence-electron chi connectivity index (χ4n) is 3.00. The first-order chi connectivity index (χ1) is 12.5. The summed E-state index contributed by atoms with van der Waals surface area (Å²) in [5.41, 5.74) is 1.67. The third kappa shape index (κ3) is 3.88. The van der Waals surface area contributed by atoms with Gasteiger partial charge in [0.2, 0.25) is 5.91 Å². The normalized spacial score (nSPS) is 20.0. The molecule has 2 aromatic rings. The molecule has 1 aliphatic rings. The highest BCUT2D eigenvalue weighted by atomic mass is 16.5. The summed E-state index contributed by atoms with van der Waals surface area (Å²) in [6.07, 6.45) is 4.07. The molecule has 26 heavy (non-hydrogen) atoms. The largest absolute Gasteiger partial charge is 0.389 e. The molecule has 2 N–H and O–H groups in total. The van der Waals surface area contributed by atoms with Crippen molar-refractivity contribution < 1.29 is 19.2 Å². The number of hydrogen-bond donors (Lipinski definition) is 2. The van der Waals surface area contributed by atoms with Crippen LogP contribution >= 0.6 is 0 Å². The fraction of sp³-hybridized carbons (Fsp3) is 0.471. The van der Waals surface area contributed by atoms with E-state index >= 15 is 0 Å². The molecule has 2 aromatic heterocycles. The van der Waals surface area contributed by atoms with Crippen molar-refractivity contribution in [1.82, 2.24) is 25.3 Å². The lowest BCUT2D eigenvalue weighted by Crippen LogP contribution is -2.55. The van der Waals surface area contributed by atoms with Crippen LogP contribution in [-0.4, -0.2) is 62.2 Å². The number of β-amino-alcohol motifs (C(OH)–C–C–N with tert-alkyl or cyclic N) is 1. The summed E-state index contributed by atoms with van der Waals surface area (Å²) in [7, 11) is 0. The van der Waals surface area contributed by atoms with Gasteiger partial charge in [-0.05, 0) is 20.3 Å². The molecule has 0 aromatic carbocycles. The zero-order valence-corrected chi connectivity index (χ0v) is 14.7. The van der Waals surface area contributed by atoms with Crippen molar-refractivity contribution in [1.29, 1.82) is 0 Å². The molecule has 2 atom stereocenters. The van der Waals surface area contributed by atoms with E-state index in [1.165, 1.54) is 18.6 Å². The van der Waals surface area contributed by atoms with Crippen LogP contribution in [-0.2, 0) is 11.2 Å². The van der Waals surface area contributed by atoms with Crippen molar-refractivity contribution in [2.75, 3.05) is 13.1 Å². The van der Waals surface area contributed by atoms with Gasteiger partial charge in [0.1, 0.15) is 11.5 Å². The van der Waals surface area contributed by atoms with Gasteiger partial charge >= 0.3 is 0 Å². The number of carbonyl (C=O) groups is 2. The van der Waals surface area contributed by atoms with Gasteiger partial charge in [0, 0.05) is 31.0 Å². The van der Waals surface area contributed by atoms with E-state index in [1.54, 1.807) is 18.7 Å². The molecule has 9 heteroatoms. The molecule has 0 bridgehead atoms. The van der Waals surface area contributed by atoms with Gasteiger partial charge in [0.15, 0.2) is 0 Å². The zero-order valence-electron chi connectivity index (χ0n) is 14.7. The van der Waals surface area contributed by atoms with Crippen LogP contribution in [0.25, 0.3) is 0 Å². The Morgan fingerprint density at radius 1 is 1.38 bits per heavy atom. The molecule has 0 spiro atoms.